The second-order valence-corrected chi connectivity index (χ2v) is 5.84. The fourth-order valence-corrected chi connectivity index (χ4v) is 2.32. The molecular weight excluding hydrogens is 264 g/mol. The Morgan fingerprint density at radius 1 is 1.21 bits per heavy atom. The maximum absolute atomic E-state index is 11.4. The molecule has 0 unspecified atom stereocenters. The Balaban J connectivity index is 3.11. The number of carbonyl (C=O) groups excluding carboxylic acids is 1. The molecule has 3 nitrogen and oxygen atoms in total. The lowest BCUT2D eigenvalue weighted by molar-refractivity contribution is 0.0997. The highest BCUT2D eigenvalue weighted by Crippen LogP contribution is 2.34. The summed E-state index contributed by atoms with van der Waals surface area (Å²) >= 11 is 5.92. The number of benzene rings is 1. The molecule has 106 valence electrons. The zero-order valence-corrected chi connectivity index (χ0v) is 12.8. The van der Waals surface area contributed by atoms with Crippen molar-refractivity contribution in [2.75, 3.05) is 0 Å². The van der Waals surface area contributed by atoms with E-state index in [1.54, 1.807) is 12.1 Å². The number of Topliss-reactive ketones (excluding diaryl/α,β-unsaturated/α-hetero) is 1. The first-order valence-electron chi connectivity index (χ1n) is 6.44. The molecule has 0 fully saturated rings. The molecule has 19 heavy (non-hydrogen) atoms. The molecule has 0 aliphatic heterocycles. The van der Waals surface area contributed by atoms with Gasteiger partial charge in [-0.05, 0) is 24.8 Å². The Bertz CT molecular complexity index is 459. The predicted octanol–water partition coefficient (Wildman–Crippen LogP) is 4.31. The summed E-state index contributed by atoms with van der Waals surface area (Å²) < 4.78 is 5.92. The third-order valence-electron chi connectivity index (χ3n) is 3.00. The van der Waals surface area contributed by atoms with Gasteiger partial charge in [0.1, 0.15) is 17.6 Å². The molecule has 0 saturated heterocycles. The number of hydrogen-bond donors (Lipinski definition) is 1. The van der Waals surface area contributed by atoms with Gasteiger partial charge in [-0.25, -0.2) is 0 Å². The van der Waals surface area contributed by atoms with Crippen LogP contribution in [0, 0.1) is 11.8 Å². The van der Waals surface area contributed by atoms with E-state index in [0.717, 1.165) is 0 Å². The highest BCUT2D eigenvalue weighted by atomic mass is 35.5. The van der Waals surface area contributed by atoms with Crippen molar-refractivity contribution in [2.45, 2.75) is 40.7 Å². The number of rotatable bonds is 5. The summed E-state index contributed by atoms with van der Waals surface area (Å²) in [7, 11) is 0. The van der Waals surface area contributed by atoms with Gasteiger partial charge < -0.3 is 9.84 Å². The largest absolute Gasteiger partial charge is 0.506 e. The number of halogens is 1. The maximum atomic E-state index is 11.4. The first-order valence-corrected chi connectivity index (χ1v) is 6.82. The number of carbonyl (C=O) groups is 1. The van der Waals surface area contributed by atoms with Crippen molar-refractivity contribution in [3.8, 4) is 11.5 Å². The van der Waals surface area contributed by atoms with E-state index in [-0.39, 0.29) is 28.2 Å². The van der Waals surface area contributed by atoms with Crippen LogP contribution < -0.4 is 4.74 Å². The summed E-state index contributed by atoms with van der Waals surface area (Å²) in [5.41, 5.74) is 0.189. The van der Waals surface area contributed by atoms with Crippen LogP contribution in [-0.4, -0.2) is 17.0 Å². The first kappa shape index (κ1) is 15.8. The minimum Gasteiger partial charge on any atom is -0.506 e. The fraction of sp³-hybridized carbons (Fsp3) is 0.533. The Kier molecular flexibility index (Phi) is 5.24. The quantitative estimate of drug-likeness (QED) is 0.820. The van der Waals surface area contributed by atoms with E-state index in [0.29, 0.717) is 17.6 Å². The lowest BCUT2D eigenvalue weighted by Crippen LogP contribution is -2.28. The Morgan fingerprint density at radius 3 is 2.16 bits per heavy atom. The van der Waals surface area contributed by atoms with Crippen molar-refractivity contribution in [3.63, 3.8) is 0 Å². The van der Waals surface area contributed by atoms with Gasteiger partial charge in [-0.1, -0.05) is 39.3 Å². The van der Waals surface area contributed by atoms with Crippen molar-refractivity contribution in [3.05, 3.63) is 22.7 Å². The van der Waals surface area contributed by atoms with Crippen LogP contribution in [0.25, 0.3) is 0 Å². The summed E-state index contributed by atoms with van der Waals surface area (Å²) in [6.07, 6.45) is 0.0282. The number of phenols is 1. The molecule has 0 radical (unpaired) electrons. The van der Waals surface area contributed by atoms with Gasteiger partial charge in [0.15, 0.2) is 5.78 Å². The molecule has 1 aromatic carbocycles. The van der Waals surface area contributed by atoms with E-state index in [1.807, 2.05) is 0 Å². The zero-order chi connectivity index (χ0) is 14.7. The van der Waals surface area contributed by atoms with Crippen LogP contribution in [0.4, 0.5) is 0 Å². The molecule has 0 bridgehead atoms. The number of ether oxygens (including phenoxy) is 1. The van der Waals surface area contributed by atoms with E-state index in [9.17, 15) is 9.90 Å². The van der Waals surface area contributed by atoms with Crippen molar-refractivity contribution < 1.29 is 14.6 Å². The predicted molar refractivity (Wildman–Crippen MR) is 77.2 cm³/mol. The van der Waals surface area contributed by atoms with Gasteiger partial charge in [-0.15, -0.1) is 0 Å². The van der Waals surface area contributed by atoms with Gasteiger partial charge in [-0.2, -0.15) is 0 Å². The molecule has 0 aliphatic carbocycles. The summed E-state index contributed by atoms with van der Waals surface area (Å²) in [5, 5.41) is 9.87. The number of ketones is 1. The van der Waals surface area contributed by atoms with Crippen LogP contribution >= 0.6 is 11.6 Å². The fourth-order valence-electron chi connectivity index (χ4n) is 2.11. The van der Waals surface area contributed by atoms with Crippen LogP contribution in [0.1, 0.15) is 45.0 Å². The molecule has 4 heteroatoms. The average molecular weight is 285 g/mol. The van der Waals surface area contributed by atoms with Gasteiger partial charge >= 0.3 is 0 Å². The molecule has 0 atom stereocenters. The molecule has 0 amide bonds. The van der Waals surface area contributed by atoms with E-state index in [2.05, 4.69) is 27.7 Å². The highest BCUT2D eigenvalue weighted by Gasteiger charge is 2.21. The number of phenolic OH excluding ortho intramolecular Hbond substituents is 1. The number of hydrogen-bond acceptors (Lipinski definition) is 3. The second kappa shape index (κ2) is 6.29. The monoisotopic (exact) mass is 284 g/mol. The minimum absolute atomic E-state index is 0.0282. The third kappa shape index (κ3) is 3.87. The topological polar surface area (TPSA) is 46.5 Å². The lowest BCUT2D eigenvalue weighted by Gasteiger charge is -2.26. The van der Waals surface area contributed by atoms with Crippen molar-refractivity contribution in [2.24, 2.45) is 11.8 Å². The van der Waals surface area contributed by atoms with Gasteiger partial charge in [0, 0.05) is 6.07 Å². The summed E-state index contributed by atoms with van der Waals surface area (Å²) in [6, 6.07) is 3.09. The molecule has 0 spiro atoms. The highest BCUT2D eigenvalue weighted by molar-refractivity contribution is 6.32. The smallest absolute Gasteiger partial charge is 0.163 e. The summed E-state index contributed by atoms with van der Waals surface area (Å²) in [4.78, 5) is 11.4. The van der Waals surface area contributed by atoms with Crippen LogP contribution in [-0.2, 0) is 0 Å². The van der Waals surface area contributed by atoms with Gasteiger partial charge in [0.05, 0.1) is 10.6 Å². The Morgan fingerprint density at radius 2 is 1.74 bits per heavy atom. The minimum atomic E-state index is -0.240. The van der Waals surface area contributed by atoms with Crippen LogP contribution in [0.15, 0.2) is 12.1 Å². The van der Waals surface area contributed by atoms with E-state index < -0.39 is 0 Å². The van der Waals surface area contributed by atoms with E-state index in [4.69, 9.17) is 16.3 Å². The van der Waals surface area contributed by atoms with E-state index >= 15 is 0 Å². The molecule has 0 saturated carbocycles. The molecule has 1 rings (SSSR count). The molecule has 1 aromatic rings. The van der Waals surface area contributed by atoms with Crippen molar-refractivity contribution >= 4 is 17.4 Å². The lowest BCUT2D eigenvalue weighted by atomic mass is 9.96. The number of aromatic hydroxyl groups is 1. The van der Waals surface area contributed by atoms with Gasteiger partial charge in [0.2, 0.25) is 0 Å². The molecule has 0 aliphatic rings. The summed E-state index contributed by atoms with van der Waals surface area (Å²) in [5.74, 6) is 0.768. The van der Waals surface area contributed by atoms with E-state index in [1.165, 1.54) is 6.92 Å². The Labute approximate surface area is 119 Å². The van der Waals surface area contributed by atoms with Gasteiger partial charge in [-0.3, -0.25) is 4.79 Å². The van der Waals surface area contributed by atoms with Crippen LogP contribution in [0.5, 0.6) is 11.5 Å². The first-order chi connectivity index (χ1) is 8.73. The maximum Gasteiger partial charge on any atom is 0.163 e. The Hall–Kier alpha value is -1.22. The molecular formula is C15H21ClO3. The molecule has 1 N–H and O–H groups in total. The second-order valence-electron chi connectivity index (χ2n) is 5.43. The van der Waals surface area contributed by atoms with Crippen LogP contribution in [0.3, 0.4) is 0 Å². The van der Waals surface area contributed by atoms with Crippen molar-refractivity contribution in [1.29, 1.82) is 0 Å². The van der Waals surface area contributed by atoms with Crippen molar-refractivity contribution in [1.82, 2.24) is 0 Å². The van der Waals surface area contributed by atoms with Crippen LogP contribution in [0.2, 0.25) is 5.02 Å². The average Bonchev–Trinajstić information content (AvgIpc) is 2.28. The van der Waals surface area contributed by atoms with Gasteiger partial charge in [0.25, 0.3) is 0 Å². The third-order valence-corrected chi connectivity index (χ3v) is 3.29. The summed E-state index contributed by atoms with van der Waals surface area (Å²) in [6.45, 7) is 9.71. The molecule has 0 aromatic heterocycles. The zero-order valence-electron chi connectivity index (χ0n) is 12.0. The normalized spacial score (nSPS) is 11.4. The molecule has 0 heterocycles. The SMILES string of the molecule is CC(=O)c1cc(OC(C(C)C)C(C)C)cc(Cl)c1O. The standard InChI is InChI=1S/C15H21ClO3/c1-8(2)15(9(3)4)19-11-6-12(10(5)17)14(18)13(16)7-11/h6-9,15,18H,1-5H3.